The van der Waals surface area contributed by atoms with Crippen molar-refractivity contribution in [3.8, 4) is 5.75 Å². The average molecular weight is 296 g/mol. The molecular formula is C21H28O. The smallest absolute Gasteiger partial charge is 0.119 e. The Kier molecular flexibility index (Phi) is 6.06. The maximum Gasteiger partial charge on any atom is 0.119 e. The molecule has 2 aromatic rings. The molecule has 2 unspecified atom stereocenters. The summed E-state index contributed by atoms with van der Waals surface area (Å²) < 4.78 is 5.89. The maximum absolute atomic E-state index is 5.89. The van der Waals surface area contributed by atoms with Gasteiger partial charge >= 0.3 is 0 Å². The van der Waals surface area contributed by atoms with Crippen molar-refractivity contribution in [2.24, 2.45) is 0 Å². The first-order valence-electron chi connectivity index (χ1n) is 8.45. The first-order valence-corrected chi connectivity index (χ1v) is 8.45. The third-order valence-electron chi connectivity index (χ3n) is 4.63. The van der Waals surface area contributed by atoms with Gasteiger partial charge in [-0.1, -0.05) is 64.1 Å². The lowest BCUT2D eigenvalue weighted by atomic mass is 9.98. The van der Waals surface area contributed by atoms with Crippen LogP contribution in [0.15, 0.2) is 48.5 Å². The molecule has 2 rings (SSSR count). The van der Waals surface area contributed by atoms with Gasteiger partial charge in [-0.05, 0) is 53.5 Å². The van der Waals surface area contributed by atoms with Crippen LogP contribution in [-0.4, -0.2) is 0 Å². The molecule has 0 saturated heterocycles. The number of hydrogen-bond acceptors (Lipinski definition) is 1. The summed E-state index contributed by atoms with van der Waals surface area (Å²) in [6.45, 7) is 9.60. The fourth-order valence-electron chi connectivity index (χ4n) is 2.47. The van der Waals surface area contributed by atoms with Gasteiger partial charge in [-0.25, -0.2) is 0 Å². The Morgan fingerprint density at radius 3 is 1.64 bits per heavy atom. The maximum atomic E-state index is 5.89. The Morgan fingerprint density at radius 1 is 0.727 bits per heavy atom. The van der Waals surface area contributed by atoms with Gasteiger partial charge in [-0.2, -0.15) is 0 Å². The largest absolute Gasteiger partial charge is 0.489 e. The minimum absolute atomic E-state index is 0.613. The second kappa shape index (κ2) is 8.03. The molecule has 1 heteroatoms. The van der Waals surface area contributed by atoms with Crippen molar-refractivity contribution in [2.45, 2.75) is 59.0 Å². The molecule has 22 heavy (non-hydrogen) atoms. The van der Waals surface area contributed by atoms with Gasteiger partial charge in [0.2, 0.25) is 0 Å². The van der Waals surface area contributed by atoms with E-state index in [1.807, 2.05) is 0 Å². The third kappa shape index (κ3) is 4.37. The Hall–Kier alpha value is -1.76. The molecule has 0 aliphatic heterocycles. The van der Waals surface area contributed by atoms with Gasteiger partial charge in [0.1, 0.15) is 12.4 Å². The van der Waals surface area contributed by atoms with E-state index in [2.05, 4.69) is 76.2 Å². The van der Waals surface area contributed by atoms with Crippen molar-refractivity contribution in [1.82, 2.24) is 0 Å². The van der Waals surface area contributed by atoms with Gasteiger partial charge in [0, 0.05) is 0 Å². The zero-order valence-corrected chi connectivity index (χ0v) is 14.3. The minimum atomic E-state index is 0.613. The lowest BCUT2D eigenvalue weighted by Crippen LogP contribution is -1.97. The highest BCUT2D eigenvalue weighted by atomic mass is 16.5. The van der Waals surface area contributed by atoms with Crippen LogP contribution >= 0.6 is 0 Å². The highest BCUT2D eigenvalue weighted by molar-refractivity contribution is 5.30. The summed E-state index contributed by atoms with van der Waals surface area (Å²) in [5.74, 6) is 2.18. The number of rotatable bonds is 7. The van der Waals surface area contributed by atoms with E-state index < -0.39 is 0 Å². The molecule has 2 aromatic carbocycles. The monoisotopic (exact) mass is 296 g/mol. The number of hydrogen-bond donors (Lipinski definition) is 0. The molecule has 0 N–H and O–H groups in total. The van der Waals surface area contributed by atoms with Gasteiger partial charge in [-0.15, -0.1) is 0 Å². The van der Waals surface area contributed by atoms with Crippen LogP contribution in [0.2, 0.25) is 0 Å². The van der Waals surface area contributed by atoms with Gasteiger partial charge < -0.3 is 4.74 Å². The molecular weight excluding hydrogens is 268 g/mol. The van der Waals surface area contributed by atoms with Crippen molar-refractivity contribution >= 4 is 0 Å². The van der Waals surface area contributed by atoms with Crippen LogP contribution in [0.1, 0.15) is 69.1 Å². The fourth-order valence-corrected chi connectivity index (χ4v) is 2.47. The molecule has 2 atom stereocenters. The first-order chi connectivity index (χ1) is 10.6. The zero-order chi connectivity index (χ0) is 15.9. The van der Waals surface area contributed by atoms with Crippen molar-refractivity contribution in [3.05, 3.63) is 65.2 Å². The normalized spacial score (nSPS) is 13.6. The van der Waals surface area contributed by atoms with Crippen LogP contribution in [0.3, 0.4) is 0 Å². The summed E-state index contributed by atoms with van der Waals surface area (Å²) in [6.07, 6.45) is 2.35. The zero-order valence-electron chi connectivity index (χ0n) is 14.3. The molecule has 0 heterocycles. The molecule has 0 bridgehead atoms. The van der Waals surface area contributed by atoms with Crippen molar-refractivity contribution in [1.29, 1.82) is 0 Å². The molecule has 0 radical (unpaired) electrons. The van der Waals surface area contributed by atoms with E-state index in [-0.39, 0.29) is 0 Å². The Labute approximate surface area is 135 Å². The predicted octanol–water partition coefficient (Wildman–Crippen LogP) is 6.29. The molecule has 0 aromatic heterocycles. The number of ether oxygens (including phenoxy) is 1. The molecule has 0 amide bonds. The Bertz CT molecular complexity index is 500. The lowest BCUT2D eigenvalue weighted by Gasteiger charge is -2.12. The second-order valence-corrected chi connectivity index (χ2v) is 6.22. The van der Waals surface area contributed by atoms with Gasteiger partial charge in [0.15, 0.2) is 0 Å². The molecule has 0 aliphatic rings. The van der Waals surface area contributed by atoms with Crippen LogP contribution in [0.5, 0.6) is 5.75 Å². The molecule has 0 spiro atoms. The van der Waals surface area contributed by atoms with Crippen molar-refractivity contribution < 1.29 is 4.74 Å². The molecule has 118 valence electrons. The van der Waals surface area contributed by atoms with Crippen LogP contribution in [0.4, 0.5) is 0 Å². The van der Waals surface area contributed by atoms with Crippen LogP contribution in [-0.2, 0) is 6.61 Å². The molecule has 0 saturated carbocycles. The fraction of sp³-hybridized carbons (Fsp3) is 0.429. The Balaban J connectivity index is 1.92. The molecule has 1 nitrogen and oxygen atoms in total. The summed E-state index contributed by atoms with van der Waals surface area (Å²) in [5, 5.41) is 0. The summed E-state index contributed by atoms with van der Waals surface area (Å²) in [5.41, 5.74) is 4.01. The highest BCUT2D eigenvalue weighted by Crippen LogP contribution is 2.23. The standard InChI is InChI=1S/C21H28O/c1-5-16(3)19-9-7-18(8-10-19)15-22-21-13-11-20(12-14-21)17(4)6-2/h7-14,16-17H,5-6,15H2,1-4H3. The van der Waals surface area contributed by atoms with Crippen LogP contribution < -0.4 is 4.74 Å². The summed E-state index contributed by atoms with van der Waals surface area (Å²) in [4.78, 5) is 0. The van der Waals surface area contributed by atoms with Gasteiger partial charge in [0.25, 0.3) is 0 Å². The summed E-state index contributed by atoms with van der Waals surface area (Å²) >= 11 is 0. The summed E-state index contributed by atoms with van der Waals surface area (Å²) in [7, 11) is 0. The SMILES string of the molecule is CCC(C)c1ccc(COc2ccc(C(C)CC)cc2)cc1. The van der Waals surface area contributed by atoms with E-state index >= 15 is 0 Å². The third-order valence-corrected chi connectivity index (χ3v) is 4.63. The average Bonchev–Trinajstić information content (AvgIpc) is 2.59. The van der Waals surface area contributed by atoms with Gasteiger partial charge in [-0.3, -0.25) is 0 Å². The predicted molar refractivity (Wildman–Crippen MR) is 94.6 cm³/mol. The van der Waals surface area contributed by atoms with E-state index in [4.69, 9.17) is 4.74 Å². The van der Waals surface area contributed by atoms with E-state index in [0.717, 1.165) is 5.75 Å². The molecule has 0 fully saturated rings. The van der Waals surface area contributed by atoms with E-state index in [1.165, 1.54) is 29.5 Å². The summed E-state index contributed by atoms with van der Waals surface area (Å²) in [6, 6.07) is 17.3. The Morgan fingerprint density at radius 2 is 1.18 bits per heavy atom. The van der Waals surface area contributed by atoms with Crippen molar-refractivity contribution in [3.63, 3.8) is 0 Å². The van der Waals surface area contributed by atoms with Crippen LogP contribution in [0.25, 0.3) is 0 Å². The minimum Gasteiger partial charge on any atom is -0.489 e. The lowest BCUT2D eigenvalue weighted by molar-refractivity contribution is 0.306. The first kappa shape index (κ1) is 16.6. The van der Waals surface area contributed by atoms with E-state index in [0.29, 0.717) is 18.4 Å². The van der Waals surface area contributed by atoms with E-state index in [9.17, 15) is 0 Å². The second-order valence-electron chi connectivity index (χ2n) is 6.22. The van der Waals surface area contributed by atoms with E-state index in [1.54, 1.807) is 0 Å². The number of benzene rings is 2. The molecule has 0 aliphatic carbocycles. The van der Waals surface area contributed by atoms with Crippen LogP contribution in [0, 0.1) is 0 Å². The van der Waals surface area contributed by atoms with Gasteiger partial charge in [0.05, 0.1) is 0 Å². The van der Waals surface area contributed by atoms with Crippen molar-refractivity contribution in [2.75, 3.05) is 0 Å². The topological polar surface area (TPSA) is 9.23 Å². The highest BCUT2D eigenvalue weighted by Gasteiger charge is 2.04. The quantitative estimate of drug-likeness (QED) is 0.583.